The summed E-state index contributed by atoms with van der Waals surface area (Å²) in [5.41, 5.74) is 1.96. The lowest BCUT2D eigenvalue weighted by Gasteiger charge is -2.17. The number of nitriles is 1. The number of hydrogen-bond donors (Lipinski definition) is 1. The molecular formula is C16H18N4O. The van der Waals surface area contributed by atoms with Crippen LogP contribution in [-0.4, -0.2) is 25.7 Å². The van der Waals surface area contributed by atoms with Crippen LogP contribution in [0.25, 0.3) is 0 Å². The fourth-order valence-corrected chi connectivity index (χ4v) is 1.98. The van der Waals surface area contributed by atoms with E-state index in [-0.39, 0.29) is 6.61 Å². The van der Waals surface area contributed by atoms with Crippen molar-refractivity contribution in [2.24, 2.45) is 0 Å². The van der Waals surface area contributed by atoms with Crippen LogP contribution in [0.15, 0.2) is 42.6 Å². The number of pyridine rings is 1. The Morgan fingerprint density at radius 2 is 2.05 bits per heavy atom. The first-order valence-electron chi connectivity index (χ1n) is 6.66. The average Bonchev–Trinajstić information content (AvgIpc) is 2.52. The zero-order valence-corrected chi connectivity index (χ0v) is 12.2. The van der Waals surface area contributed by atoms with E-state index in [4.69, 9.17) is 10.00 Å². The van der Waals surface area contributed by atoms with Gasteiger partial charge < -0.3 is 15.0 Å². The van der Waals surface area contributed by atoms with E-state index in [1.54, 1.807) is 6.20 Å². The van der Waals surface area contributed by atoms with E-state index in [2.05, 4.69) is 10.3 Å². The Kier molecular flexibility index (Phi) is 4.99. The van der Waals surface area contributed by atoms with Gasteiger partial charge in [-0.2, -0.15) is 5.26 Å². The first kappa shape index (κ1) is 14.7. The van der Waals surface area contributed by atoms with Crippen molar-refractivity contribution in [3.05, 3.63) is 48.2 Å². The molecule has 0 aliphatic heterocycles. The van der Waals surface area contributed by atoms with Gasteiger partial charge in [-0.1, -0.05) is 18.2 Å². The van der Waals surface area contributed by atoms with E-state index in [0.29, 0.717) is 6.54 Å². The van der Waals surface area contributed by atoms with E-state index in [0.717, 1.165) is 22.8 Å². The van der Waals surface area contributed by atoms with Gasteiger partial charge in [0.1, 0.15) is 11.8 Å². The molecule has 1 N–H and O–H groups in total. The summed E-state index contributed by atoms with van der Waals surface area (Å²) in [6, 6.07) is 13.6. The van der Waals surface area contributed by atoms with Gasteiger partial charge in [-0.3, -0.25) is 0 Å². The fraction of sp³-hybridized carbons (Fsp3) is 0.250. The molecule has 0 saturated carbocycles. The van der Waals surface area contributed by atoms with Crippen molar-refractivity contribution in [3.63, 3.8) is 0 Å². The van der Waals surface area contributed by atoms with Crippen LogP contribution in [-0.2, 0) is 6.54 Å². The number of para-hydroxylation sites is 1. The number of rotatable bonds is 6. The number of anilines is 2. The molecule has 1 heterocycles. The van der Waals surface area contributed by atoms with Gasteiger partial charge in [0.15, 0.2) is 12.4 Å². The first-order valence-corrected chi connectivity index (χ1v) is 6.66. The van der Waals surface area contributed by atoms with Gasteiger partial charge in [0, 0.05) is 32.4 Å². The SMILES string of the molecule is CN(C)c1ncccc1NCc1ccccc1OCC#N. The van der Waals surface area contributed by atoms with Crippen LogP contribution in [0.1, 0.15) is 5.56 Å². The molecular weight excluding hydrogens is 264 g/mol. The lowest BCUT2D eigenvalue weighted by atomic mass is 10.2. The lowest BCUT2D eigenvalue weighted by molar-refractivity contribution is 0.364. The van der Waals surface area contributed by atoms with Crippen molar-refractivity contribution >= 4 is 11.5 Å². The molecule has 1 aromatic carbocycles. The van der Waals surface area contributed by atoms with Gasteiger partial charge in [0.05, 0.1) is 5.69 Å². The lowest BCUT2D eigenvalue weighted by Crippen LogP contribution is -2.14. The Labute approximate surface area is 124 Å². The summed E-state index contributed by atoms with van der Waals surface area (Å²) in [5.74, 6) is 1.61. The number of ether oxygens (including phenoxy) is 1. The summed E-state index contributed by atoms with van der Waals surface area (Å²) in [6.45, 7) is 0.654. The maximum atomic E-state index is 8.62. The normalized spacial score (nSPS) is 9.76. The molecule has 0 aliphatic rings. The monoisotopic (exact) mass is 282 g/mol. The van der Waals surface area contributed by atoms with E-state index < -0.39 is 0 Å². The van der Waals surface area contributed by atoms with E-state index in [1.165, 1.54) is 0 Å². The van der Waals surface area contributed by atoms with Crippen LogP contribution in [0.2, 0.25) is 0 Å². The van der Waals surface area contributed by atoms with E-state index in [1.807, 2.05) is 61.5 Å². The van der Waals surface area contributed by atoms with Crippen LogP contribution in [0.4, 0.5) is 11.5 Å². The molecule has 0 spiro atoms. The summed E-state index contributed by atoms with van der Waals surface area (Å²) < 4.78 is 5.43. The summed E-state index contributed by atoms with van der Waals surface area (Å²) in [5, 5.41) is 12.0. The Morgan fingerprint density at radius 3 is 2.81 bits per heavy atom. The topological polar surface area (TPSA) is 61.2 Å². The Morgan fingerprint density at radius 1 is 1.24 bits per heavy atom. The third-order valence-electron chi connectivity index (χ3n) is 2.94. The highest BCUT2D eigenvalue weighted by Gasteiger charge is 2.07. The van der Waals surface area contributed by atoms with Crippen LogP contribution in [0.3, 0.4) is 0 Å². The molecule has 5 nitrogen and oxygen atoms in total. The molecule has 2 rings (SSSR count). The molecule has 0 unspecified atom stereocenters. The Hall–Kier alpha value is -2.74. The molecule has 21 heavy (non-hydrogen) atoms. The zero-order chi connectivity index (χ0) is 15.1. The molecule has 0 fully saturated rings. The molecule has 0 atom stereocenters. The van der Waals surface area contributed by atoms with Crippen molar-refractivity contribution in [2.75, 3.05) is 30.9 Å². The third-order valence-corrected chi connectivity index (χ3v) is 2.94. The molecule has 0 bridgehead atoms. The van der Waals surface area contributed by atoms with Gasteiger partial charge >= 0.3 is 0 Å². The second-order valence-electron chi connectivity index (χ2n) is 4.68. The third kappa shape index (κ3) is 3.86. The summed E-state index contributed by atoms with van der Waals surface area (Å²) in [7, 11) is 3.91. The predicted molar refractivity (Wildman–Crippen MR) is 83.4 cm³/mol. The highest BCUT2D eigenvalue weighted by Crippen LogP contribution is 2.23. The van der Waals surface area contributed by atoms with Crippen LogP contribution in [0, 0.1) is 11.3 Å². The summed E-state index contributed by atoms with van der Waals surface area (Å²) >= 11 is 0. The number of nitrogens with one attached hydrogen (secondary N) is 1. The highest BCUT2D eigenvalue weighted by molar-refractivity contribution is 5.64. The second-order valence-corrected chi connectivity index (χ2v) is 4.68. The molecule has 2 aromatic rings. The Balaban J connectivity index is 2.12. The molecule has 0 aliphatic carbocycles. The van der Waals surface area contributed by atoms with E-state index in [9.17, 15) is 0 Å². The van der Waals surface area contributed by atoms with Gasteiger partial charge in [-0.25, -0.2) is 4.98 Å². The highest BCUT2D eigenvalue weighted by atomic mass is 16.5. The van der Waals surface area contributed by atoms with Crippen molar-refractivity contribution < 1.29 is 4.74 Å². The number of aromatic nitrogens is 1. The summed E-state index contributed by atoms with van der Waals surface area (Å²) in [6.07, 6.45) is 1.77. The van der Waals surface area contributed by atoms with Crippen molar-refractivity contribution in [1.82, 2.24) is 4.98 Å². The molecule has 108 valence electrons. The van der Waals surface area contributed by atoms with Crippen LogP contribution in [0.5, 0.6) is 5.75 Å². The molecule has 0 radical (unpaired) electrons. The maximum absolute atomic E-state index is 8.62. The zero-order valence-electron chi connectivity index (χ0n) is 12.2. The largest absolute Gasteiger partial charge is 0.478 e. The molecule has 1 aromatic heterocycles. The number of benzene rings is 1. The van der Waals surface area contributed by atoms with Gasteiger partial charge in [0.2, 0.25) is 0 Å². The number of nitrogens with zero attached hydrogens (tertiary/aromatic N) is 3. The van der Waals surface area contributed by atoms with Gasteiger partial charge in [-0.15, -0.1) is 0 Å². The fourth-order valence-electron chi connectivity index (χ4n) is 1.98. The quantitative estimate of drug-likeness (QED) is 0.882. The Bertz CT molecular complexity index is 634. The minimum Gasteiger partial charge on any atom is -0.478 e. The number of hydrogen-bond acceptors (Lipinski definition) is 5. The minimum absolute atomic E-state index is 0.0485. The molecule has 0 saturated heterocycles. The maximum Gasteiger partial charge on any atom is 0.174 e. The predicted octanol–water partition coefficient (Wildman–Crippen LogP) is 2.66. The van der Waals surface area contributed by atoms with Crippen LogP contribution < -0.4 is 15.0 Å². The standard InChI is InChI=1S/C16H18N4O/c1-20(2)16-14(7-5-10-18-16)19-12-13-6-3-4-8-15(13)21-11-9-17/h3-8,10,19H,11-12H2,1-2H3. The van der Waals surface area contributed by atoms with Gasteiger partial charge in [-0.05, 0) is 18.2 Å². The smallest absolute Gasteiger partial charge is 0.174 e. The average molecular weight is 282 g/mol. The van der Waals surface area contributed by atoms with Crippen molar-refractivity contribution in [1.29, 1.82) is 5.26 Å². The molecule has 0 amide bonds. The van der Waals surface area contributed by atoms with Gasteiger partial charge in [0.25, 0.3) is 0 Å². The van der Waals surface area contributed by atoms with Crippen molar-refractivity contribution in [3.8, 4) is 11.8 Å². The van der Waals surface area contributed by atoms with E-state index >= 15 is 0 Å². The van der Waals surface area contributed by atoms with Crippen LogP contribution >= 0.6 is 0 Å². The minimum atomic E-state index is 0.0485. The first-order chi connectivity index (χ1) is 10.2. The second kappa shape index (κ2) is 7.15. The summed E-state index contributed by atoms with van der Waals surface area (Å²) in [4.78, 5) is 6.31. The van der Waals surface area contributed by atoms with Crippen molar-refractivity contribution in [2.45, 2.75) is 6.54 Å². The molecule has 5 heteroatoms.